The van der Waals surface area contributed by atoms with Crippen LogP contribution in [0.2, 0.25) is 0 Å². The van der Waals surface area contributed by atoms with Crippen molar-refractivity contribution in [1.29, 1.82) is 0 Å². The molecule has 0 bridgehead atoms. The highest BCUT2D eigenvalue weighted by Gasteiger charge is 2.27. The first-order valence-corrected chi connectivity index (χ1v) is 6.63. The minimum atomic E-state index is -0.396. The Morgan fingerprint density at radius 2 is 2.59 bits per heavy atom. The molecule has 2 heterocycles. The van der Waals surface area contributed by atoms with Gasteiger partial charge in [0.1, 0.15) is 0 Å². The molecule has 1 aromatic heterocycles. The fourth-order valence-corrected chi connectivity index (χ4v) is 2.52. The summed E-state index contributed by atoms with van der Waals surface area (Å²) >= 11 is 1.62. The van der Waals surface area contributed by atoms with Gasteiger partial charge in [0.05, 0.1) is 22.8 Å². The molecule has 1 aliphatic rings. The Hall–Kier alpha value is -0.980. The molecular weight excluding hydrogens is 238 g/mol. The van der Waals surface area contributed by atoms with Gasteiger partial charge in [-0.05, 0) is 13.3 Å². The summed E-state index contributed by atoms with van der Waals surface area (Å²) in [6.07, 6.45) is 0.861. The third-order valence-corrected chi connectivity index (χ3v) is 3.59. The van der Waals surface area contributed by atoms with E-state index in [1.54, 1.807) is 11.3 Å². The van der Waals surface area contributed by atoms with Gasteiger partial charge < -0.3 is 15.7 Å². The number of amides is 1. The number of β-amino-alcohol motifs (C(OH)–C–C–N with tert-alkyl or cyclic N) is 1. The highest BCUT2D eigenvalue weighted by atomic mass is 32.1. The van der Waals surface area contributed by atoms with Crippen LogP contribution in [0.5, 0.6) is 0 Å². The lowest BCUT2D eigenvalue weighted by atomic mass is 10.2. The molecule has 0 spiro atoms. The Morgan fingerprint density at radius 1 is 1.76 bits per heavy atom. The zero-order valence-electron chi connectivity index (χ0n) is 9.77. The van der Waals surface area contributed by atoms with Gasteiger partial charge in [0, 0.05) is 24.9 Å². The maximum absolute atomic E-state index is 11.7. The van der Waals surface area contributed by atoms with Crippen LogP contribution in [-0.4, -0.2) is 41.2 Å². The fourth-order valence-electron chi connectivity index (χ4n) is 1.88. The van der Waals surface area contributed by atoms with Gasteiger partial charge in [-0.15, -0.1) is 11.3 Å². The lowest BCUT2D eigenvalue weighted by Gasteiger charge is -2.10. The van der Waals surface area contributed by atoms with Crippen molar-refractivity contribution in [2.24, 2.45) is 0 Å². The van der Waals surface area contributed by atoms with Crippen LogP contribution in [0.25, 0.3) is 0 Å². The molecule has 94 valence electrons. The van der Waals surface area contributed by atoms with Gasteiger partial charge in [0.2, 0.25) is 5.91 Å². The molecule has 17 heavy (non-hydrogen) atoms. The number of nitrogens with zero attached hydrogens (tertiary/aromatic N) is 1. The first kappa shape index (κ1) is 12.5. The van der Waals surface area contributed by atoms with Crippen molar-refractivity contribution in [1.82, 2.24) is 15.6 Å². The second kappa shape index (κ2) is 5.57. The van der Waals surface area contributed by atoms with E-state index in [-0.39, 0.29) is 11.9 Å². The van der Waals surface area contributed by atoms with Crippen LogP contribution < -0.4 is 10.6 Å². The summed E-state index contributed by atoms with van der Waals surface area (Å²) in [5.41, 5.74) is 1.02. The smallest absolute Gasteiger partial charge is 0.237 e. The Labute approximate surface area is 104 Å². The van der Waals surface area contributed by atoms with E-state index in [1.165, 1.54) is 0 Å². The van der Waals surface area contributed by atoms with Crippen molar-refractivity contribution in [2.45, 2.75) is 31.9 Å². The molecule has 2 unspecified atom stereocenters. The van der Waals surface area contributed by atoms with E-state index in [4.69, 9.17) is 0 Å². The summed E-state index contributed by atoms with van der Waals surface area (Å²) in [6, 6.07) is -0.248. The molecule has 6 heteroatoms. The van der Waals surface area contributed by atoms with Crippen LogP contribution in [0.3, 0.4) is 0 Å². The van der Waals surface area contributed by atoms with Gasteiger partial charge >= 0.3 is 0 Å². The van der Waals surface area contributed by atoms with Crippen LogP contribution in [0.4, 0.5) is 0 Å². The number of carbonyl (C=O) groups is 1. The Bertz CT molecular complexity index is 394. The van der Waals surface area contributed by atoms with E-state index in [0.717, 1.165) is 17.1 Å². The van der Waals surface area contributed by atoms with Crippen molar-refractivity contribution in [3.63, 3.8) is 0 Å². The number of rotatable bonds is 4. The van der Waals surface area contributed by atoms with Gasteiger partial charge in [-0.2, -0.15) is 0 Å². The van der Waals surface area contributed by atoms with Gasteiger partial charge in [0.15, 0.2) is 0 Å². The topological polar surface area (TPSA) is 74.2 Å². The van der Waals surface area contributed by atoms with E-state index in [1.807, 2.05) is 12.3 Å². The molecule has 3 N–H and O–H groups in total. The van der Waals surface area contributed by atoms with E-state index in [2.05, 4.69) is 15.6 Å². The molecule has 0 radical (unpaired) electrons. The zero-order chi connectivity index (χ0) is 12.3. The lowest BCUT2D eigenvalue weighted by molar-refractivity contribution is -0.122. The van der Waals surface area contributed by atoms with Crippen LogP contribution in [-0.2, 0) is 11.2 Å². The van der Waals surface area contributed by atoms with Crippen LogP contribution in [0, 0.1) is 6.92 Å². The molecule has 0 aromatic carbocycles. The predicted octanol–water partition coefficient (Wildman–Crippen LogP) is -0.167. The third kappa shape index (κ3) is 3.49. The largest absolute Gasteiger partial charge is 0.392 e. The van der Waals surface area contributed by atoms with E-state index in [9.17, 15) is 9.90 Å². The second-order valence-corrected chi connectivity index (χ2v) is 5.31. The zero-order valence-corrected chi connectivity index (χ0v) is 10.6. The standard InChI is InChI=1S/C11H17N3O2S/c1-7-14-8(6-17-7)2-3-12-11(16)10-4-9(15)5-13-10/h6,9-10,13,15H,2-5H2,1H3,(H,12,16). The quantitative estimate of drug-likeness (QED) is 0.698. The van der Waals surface area contributed by atoms with E-state index < -0.39 is 6.10 Å². The van der Waals surface area contributed by atoms with Crippen molar-refractivity contribution < 1.29 is 9.90 Å². The molecule has 1 fully saturated rings. The highest BCUT2D eigenvalue weighted by molar-refractivity contribution is 7.09. The highest BCUT2D eigenvalue weighted by Crippen LogP contribution is 2.08. The molecule has 2 rings (SSSR count). The SMILES string of the molecule is Cc1nc(CCNC(=O)C2CC(O)CN2)cs1. The first-order chi connectivity index (χ1) is 8.15. The molecule has 1 amide bonds. The van der Waals surface area contributed by atoms with Gasteiger partial charge in [0.25, 0.3) is 0 Å². The van der Waals surface area contributed by atoms with Crippen LogP contribution in [0.1, 0.15) is 17.1 Å². The number of aromatic nitrogens is 1. The number of aliphatic hydroxyl groups excluding tert-OH is 1. The van der Waals surface area contributed by atoms with Crippen LogP contribution >= 0.6 is 11.3 Å². The molecule has 5 nitrogen and oxygen atoms in total. The number of aryl methyl sites for hydroxylation is 1. The summed E-state index contributed by atoms with van der Waals surface area (Å²) in [5, 5.41) is 18.2. The van der Waals surface area contributed by atoms with Gasteiger partial charge in [-0.3, -0.25) is 4.79 Å². The molecule has 1 aromatic rings. The maximum Gasteiger partial charge on any atom is 0.237 e. The average molecular weight is 255 g/mol. The summed E-state index contributed by atoms with van der Waals surface area (Å²) in [7, 11) is 0. The van der Waals surface area contributed by atoms with E-state index >= 15 is 0 Å². The molecule has 2 atom stereocenters. The lowest BCUT2D eigenvalue weighted by Crippen LogP contribution is -2.41. The number of thiazole rings is 1. The minimum absolute atomic E-state index is 0.0338. The molecule has 1 saturated heterocycles. The normalized spacial score (nSPS) is 23.9. The molecule has 0 saturated carbocycles. The summed E-state index contributed by atoms with van der Waals surface area (Å²) in [4.78, 5) is 16.0. The number of aliphatic hydroxyl groups is 1. The van der Waals surface area contributed by atoms with Crippen molar-refractivity contribution >= 4 is 17.2 Å². The monoisotopic (exact) mass is 255 g/mol. The Morgan fingerprint density at radius 3 is 3.18 bits per heavy atom. The molecular formula is C11H17N3O2S. The number of nitrogens with one attached hydrogen (secondary N) is 2. The maximum atomic E-state index is 11.7. The Kier molecular flexibility index (Phi) is 4.09. The van der Waals surface area contributed by atoms with E-state index in [0.29, 0.717) is 19.5 Å². The summed E-state index contributed by atoms with van der Waals surface area (Å²) in [6.45, 7) is 3.07. The van der Waals surface area contributed by atoms with Crippen molar-refractivity contribution in [2.75, 3.05) is 13.1 Å². The molecule has 0 aliphatic carbocycles. The number of hydrogen-bond acceptors (Lipinski definition) is 5. The predicted molar refractivity (Wildman–Crippen MR) is 66.0 cm³/mol. The third-order valence-electron chi connectivity index (χ3n) is 2.77. The van der Waals surface area contributed by atoms with Crippen molar-refractivity contribution in [3.05, 3.63) is 16.1 Å². The second-order valence-electron chi connectivity index (χ2n) is 4.25. The first-order valence-electron chi connectivity index (χ1n) is 5.75. The van der Waals surface area contributed by atoms with Gasteiger partial charge in [-0.25, -0.2) is 4.98 Å². The number of carbonyl (C=O) groups excluding carboxylic acids is 1. The fraction of sp³-hybridized carbons (Fsp3) is 0.636. The number of hydrogen-bond donors (Lipinski definition) is 3. The van der Waals surface area contributed by atoms with Crippen molar-refractivity contribution in [3.8, 4) is 0 Å². The van der Waals surface area contributed by atoms with Crippen LogP contribution in [0.15, 0.2) is 5.38 Å². The average Bonchev–Trinajstić information content (AvgIpc) is 2.88. The van der Waals surface area contributed by atoms with Gasteiger partial charge in [-0.1, -0.05) is 0 Å². The summed E-state index contributed by atoms with van der Waals surface area (Å²) < 4.78 is 0. The minimum Gasteiger partial charge on any atom is -0.392 e. The Balaban J connectivity index is 1.70. The molecule has 1 aliphatic heterocycles. The summed E-state index contributed by atoms with van der Waals surface area (Å²) in [5.74, 6) is -0.0338.